The number of halogens is 3. The molecule has 138 valence electrons. The van der Waals surface area contributed by atoms with E-state index in [0.717, 1.165) is 6.42 Å². The SMILES string of the molecule is C[C@@H]1[C@@H]2CC(CN1C(=O)[C@@H](NC(=O)C(F)(F)F)C(C)(C)C)C2(C)C. The minimum Gasteiger partial charge on any atom is -0.338 e. The lowest BCUT2D eigenvalue weighted by atomic mass is 9.50. The zero-order valence-corrected chi connectivity index (χ0v) is 15.1. The maximum Gasteiger partial charge on any atom is 0.471 e. The molecule has 0 aromatic carbocycles. The Kier molecular flexibility index (Phi) is 4.47. The molecule has 3 rings (SSSR count). The van der Waals surface area contributed by atoms with Gasteiger partial charge < -0.3 is 10.2 Å². The van der Waals surface area contributed by atoms with E-state index >= 15 is 0 Å². The lowest BCUT2D eigenvalue weighted by Gasteiger charge is -2.63. The van der Waals surface area contributed by atoms with E-state index in [0.29, 0.717) is 18.4 Å². The molecule has 1 saturated carbocycles. The molecule has 1 unspecified atom stereocenters. The van der Waals surface area contributed by atoms with E-state index in [-0.39, 0.29) is 11.5 Å². The number of hydrogen-bond acceptors (Lipinski definition) is 2. The zero-order chi connectivity index (χ0) is 18.7. The van der Waals surface area contributed by atoms with Gasteiger partial charge in [0.1, 0.15) is 6.04 Å². The topological polar surface area (TPSA) is 49.4 Å². The van der Waals surface area contributed by atoms with Crippen molar-refractivity contribution in [1.29, 1.82) is 0 Å². The predicted octanol–water partition coefficient (Wildman–Crippen LogP) is 2.97. The van der Waals surface area contributed by atoms with Crippen molar-refractivity contribution in [2.75, 3.05) is 6.54 Å². The quantitative estimate of drug-likeness (QED) is 0.834. The third-order valence-corrected chi connectivity index (χ3v) is 5.97. The number of fused-ring (bicyclic) bond motifs is 2. The molecule has 0 aromatic rings. The number of carbonyl (C=O) groups excluding carboxylic acids is 2. The average molecular weight is 348 g/mol. The highest BCUT2D eigenvalue weighted by Gasteiger charge is 2.57. The molecule has 4 nitrogen and oxygen atoms in total. The van der Waals surface area contributed by atoms with Gasteiger partial charge in [-0.05, 0) is 36.0 Å². The van der Waals surface area contributed by atoms with Crippen LogP contribution in [0, 0.1) is 22.7 Å². The van der Waals surface area contributed by atoms with Crippen LogP contribution in [-0.4, -0.2) is 41.5 Å². The summed E-state index contributed by atoms with van der Waals surface area (Å²) in [6, 6.07) is -1.24. The van der Waals surface area contributed by atoms with Gasteiger partial charge in [-0.3, -0.25) is 9.59 Å². The monoisotopic (exact) mass is 348 g/mol. The Hall–Kier alpha value is -1.27. The molecule has 2 amide bonds. The highest BCUT2D eigenvalue weighted by molar-refractivity contribution is 5.90. The van der Waals surface area contributed by atoms with Crippen LogP contribution in [0.25, 0.3) is 0 Å². The molecular weight excluding hydrogens is 321 g/mol. The van der Waals surface area contributed by atoms with Gasteiger partial charge in [-0.25, -0.2) is 0 Å². The predicted molar refractivity (Wildman–Crippen MR) is 84.0 cm³/mol. The van der Waals surface area contributed by atoms with Crippen molar-refractivity contribution < 1.29 is 22.8 Å². The van der Waals surface area contributed by atoms with Crippen molar-refractivity contribution in [2.24, 2.45) is 22.7 Å². The Balaban J connectivity index is 2.19. The molecule has 7 heteroatoms. The van der Waals surface area contributed by atoms with Crippen LogP contribution in [0.1, 0.15) is 48.0 Å². The summed E-state index contributed by atoms with van der Waals surface area (Å²) in [5, 5.41) is 1.91. The summed E-state index contributed by atoms with van der Waals surface area (Å²) in [4.78, 5) is 26.0. The summed E-state index contributed by atoms with van der Waals surface area (Å²) in [5.74, 6) is -1.77. The second-order valence-corrected chi connectivity index (χ2v) is 8.86. The normalized spacial score (nSPS) is 30.4. The second kappa shape index (κ2) is 5.63. The highest BCUT2D eigenvalue weighted by atomic mass is 19.4. The smallest absolute Gasteiger partial charge is 0.338 e. The van der Waals surface area contributed by atoms with Gasteiger partial charge in [-0.1, -0.05) is 34.6 Å². The van der Waals surface area contributed by atoms with Crippen LogP contribution >= 0.6 is 0 Å². The number of nitrogens with zero attached hydrogens (tertiary/aromatic N) is 1. The van der Waals surface area contributed by atoms with Gasteiger partial charge in [-0.2, -0.15) is 13.2 Å². The summed E-state index contributed by atoms with van der Waals surface area (Å²) in [6.45, 7) is 11.8. The fourth-order valence-electron chi connectivity index (χ4n) is 4.12. The standard InChI is InChI=1S/C17H27F3N2O2/c1-9-11-7-10(16(11,5)6)8-22(9)13(23)12(15(2,3)4)21-14(24)17(18,19)20/h9-12H,7-8H2,1-6H3,(H,21,24)/t9-,10?,11+,12-/m1/s1. The molecular formula is C17H27F3N2O2. The second-order valence-electron chi connectivity index (χ2n) is 8.86. The van der Waals surface area contributed by atoms with Crippen LogP contribution < -0.4 is 5.32 Å². The Morgan fingerprint density at radius 2 is 1.75 bits per heavy atom. The first-order valence-corrected chi connectivity index (χ1v) is 8.35. The van der Waals surface area contributed by atoms with E-state index in [1.54, 1.807) is 25.7 Å². The van der Waals surface area contributed by atoms with E-state index in [1.807, 2.05) is 12.2 Å². The number of amides is 2. The van der Waals surface area contributed by atoms with Crippen molar-refractivity contribution in [1.82, 2.24) is 10.2 Å². The third kappa shape index (κ3) is 3.14. The minimum absolute atomic E-state index is 0.0369. The van der Waals surface area contributed by atoms with Crippen molar-refractivity contribution in [3.63, 3.8) is 0 Å². The van der Waals surface area contributed by atoms with E-state index in [9.17, 15) is 22.8 Å². The summed E-state index contributed by atoms with van der Waals surface area (Å²) in [6.07, 6.45) is -3.95. The molecule has 2 bridgehead atoms. The molecule has 2 heterocycles. The van der Waals surface area contributed by atoms with Crippen LogP contribution in [0.15, 0.2) is 0 Å². The molecule has 0 radical (unpaired) electrons. The number of piperidine rings is 2. The minimum atomic E-state index is -5.00. The van der Waals surface area contributed by atoms with Gasteiger partial charge in [0.25, 0.3) is 0 Å². The van der Waals surface area contributed by atoms with Crippen molar-refractivity contribution >= 4 is 11.8 Å². The Bertz CT molecular complexity index is 537. The number of rotatable bonds is 2. The highest BCUT2D eigenvalue weighted by Crippen LogP contribution is 2.57. The van der Waals surface area contributed by atoms with Gasteiger partial charge in [0.15, 0.2) is 0 Å². The maximum absolute atomic E-state index is 12.9. The third-order valence-electron chi connectivity index (χ3n) is 5.97. The molecule has 3 fully saturated rings. The van der Waals surface area contributed by atoms with Gasteiger partial charge >= 0.3 is 12.1 Å². The molecule has 1 N–H and O–H groups in total. The summed E-state index contributed by atoms with van der Waals surface area (Å²) < 4.78 is 37.8. The Morgan fingerprint density at radius 1 is 1.21 bits per heavy atom. The fourth-order valence-corrected chi connectivity index (χ4v) is 4.12. The number of alkyl halides is 3. The van der Waals surface area contributed by atoms with Gasteiger partial charge in [0.05, 0.1) is 0 Å². The van der Waals surface area contributed by atoms with Gasteiger partial charge in [0.2, 0.25) is 5.91 Å². The van der Waals surface area contributed by atoms with Crippen molar-refractivity contribution in [3.8, 4) is 0 Å². The largest absolute Gasteiger partial charge is 0.471 e. The van der Waals surface area contributed by atoms with Crippen LogP contribution in [0.3, 0.4) is 0 Å². The molecule has 4 atom stereocenters. The van der Waals surface area contributed by atoms with Crippen LogP contribution in [0.2, 0.25) is 0 Å². The summed E-state index contributed by atoms with van der Waals surface area (Å²) in [5.41, 5.74) is -0.655. The first-order chi connectivity index (χ1) is 10.7. The van der Waals surface area contributed by atoms with E-state index in [1.165, 1.54) is 0 Å². The lowest BCUT2D eigenvalue weighted by Crippen LogP contribution is -2.68. The first kappa shape index (κ1) is 19.1. The van der Waals surface area contributed by atoms with E-state index in [2.05, 4.69) is 13.8 Å². The molecule has 2 aliphatic heterocycles. The lowest BCUT2D eigenvalue weighted by molar-refractivity contribution is -0.180. The molecule has 1 aliphatic carbocycles. The van der Waals surface area contributed by atoms with Crippen LogP contribution in [0.4, 0.5) is 13.2 Å². The Labute approximate surface area is 141 Å². The number of nitrogens with one attached hydrogen (secondary N) is 1. The van der Waals surface area contributed by atoms with E-state index in [4.69, 9.17) is 0 Å². The number of carbonyl (C=O) groups is 2. The van der Waals surface area contributed by atoms with Crippen molar-refractivity contribution in [3.05, 3.63) is 0 Å². The summed E-state index contributed by atoms with van der Waals surface area (Å²) in [7, 11) is 0. The zero-order valence-electron chi connectivity index (χ0n) is 15.1. The maximum atomic E-state index is 12.9. The molecule has 3 aliphatic rings. The molecule has 0 spiro atoms. The van der Waals surface area contributed by atoms with Gasteiger partial charge in [-0.15, -0.1) is 0 Å². The van der Waals surface area contributed by atoms with Crippen LogP contribution in [-0.2, 0) is 9.59 Å². The van der Waals surface area contributed by atoms with Crippen molar-refractivity contribution in [2.45, 2.75) is 66.2 Å². The summed E-state index contributed by atoms with van der Waals surface area (Å²) >= 11 is 0. The van der Waals surface area contributed by atoms with Gasteiger partial charge in [0, 0.05) is 12.6 Å². The first-order valence-electron chi connectivity index (χ1n) is 8.35. The Morgan fingerprint density at radius 3 is 2.12 bits per heavy atom. The molecule has 0 aromatic heterocycles. The molecule has 2 saturated heterocycles. The van der Waals surface area contributed by atoms with E-state index < -0.39 is 29.4 Å². The van der Waals surface area contributed by atoms with Crippen LogP contribution in [0.5, 0.6) is 0 Å². The molecule has 24 heavy (non-hydrogen) atoms. The fraction of sp³-hybridized carbons (Fsp3) is 0.882. The number of hydrogen-bond donors (Lipinski definition) is 1. The average Bonchev–Trinajstić information content (AvgIpc) is 2.40.